The van der Waals surface area contributed by atoms with Crippen molar-refractivity contribution in [2.45, 2.75) is 26.3 Å². The molecule has 0 spiro atoms. The van der Waals surface area contributed by atoms with Crippen LogP contribution in [0.5, 0.6) is 0 Å². The molecule has 0 bridgehead atoms. The molecule has 1 atom stereocenters. The molecule has 1 N–H and O–H groups in total. The van der Waals surface area contributed by atoms with Crippen LogP contribution in [0.4, 0.5) is 5.69 Å². The fraction of sp³-hybridized carbons (Fsp3) is 0.600. The molecule has 1 aliphatic heterocycles. The quantitative estimate of drug-likeness (QED) is 0.649. The zero-order valence-electron chi connectivity index (χ0n) is 12.5. The van der Waals surface area contributed by atoms with Crippen LogP contribution in [0.3, 0.4) is 0 Å². The van der Waals surface area contributed by atoms with Gasteiger partial charge in [0.15, 0.2) is 0 Å². The van der Waals surface area contributed by atoms with Gasteiger partial charge in [0.1, 0.15) is 0 Å². The standard InChI is InChI=1S/C15H22BrN3O2/c1-11(2)9-14(18-7-5-17-6-8-18)12-3-4-13(16)15(10-12)19(20)21/h3-4,10-11,14,17H,5-9H2,1-2H3/t14-/m1/s1. The van der Waals surface area contributed by atoms with E-state index in [0.717, 1.165) is 38.2 Å². The molecule has 6 heteroatoms. The smallest absolute Gasteiger partial charge is 0.283 e. The number of piperazine rings is 1. The number of benzene rings is 1. The lowest BCUT2D eigenvalue weighted by Gasteiger charge is -2.36. The highest BCUT2D eigenvalue weighted by Crippen LogP contribution is 2.33. The molecule has 0 amide bonds. The molecule has 0 aromatic heterocycles. The number of halogens is 1. The van der Waals surface area contributed by atoms with Crippen LogP contribution in [0.2, 0.25) is 0 Å². The molecule has 21 heavy (non-hydrogen) atoms. The first kappa shape index (κ1) is 16.4. The Bertz CT molecular complexity index is 502. The molecule has 0 unspecified atom stereocenters. The molecular formula is C15H22BrN3O2. The fourth-order valence-corrected chi connectivity index (χ4v) is 3.20. The van der Waals surface area contributed by atoms with Crippen molar-refractivity contribution < 1.29 is 4.92 Å². The van der Waals surface area contributed by atoms with Gasteiger partial charge in [0.05, 0.1) is 9.40 Å². The first-order valence-corrected chi connectivity index (χ1v) is 8.17. The summed E-state index contributed by atoms with van der Waals surface area (Å²) in [5, 5.41) is 14.5. The molecule has 1 fully saturated rings. The van der Waals surface area contributed by atoms with E-state index in [0.29, 0.717) is 10.4 Å². The zero-order chi connectivity index (χ0) is 15.4. The molecule has 1 heterocycles. The maximum absolute atomic E-state index is 11.1. The summed E-state index contributed by atoms with van der Waals surface area (Å²) in [6.45, 7) is 8.33. The lowest BCUT2D eigenvalue weighted by atomic mass is 9.94. The van der Waals surface area contributed by atoms with E-state index in [9.17, 15) is 10.1 Å². The largest absolute Gasteiger partial charge is 0.314 e. The molecule has 1 aromatic carbocycles. The van der Waals surface area contributed by atoms with E-state index in [1.807, 2.05) is 6.07 Å². The summed E-state index contributed by atoms with van der Waals surface area (Å²) < 4.78 is 0.542. The second kappa shape index (κ2) is 7.33. The number of hydrogen-bond donors (Lipinski definition) is 1. The summed E-state index contributed by atoms with van der Waals surface area (Å²) >= 11 is 3.26. The molecule has 1 aliphatic rings. The molecular weight excluding hydrogens is 334 g/mol. The predicted octanol–water partition coefficient (Wildman–Crippen LogP) is 3.35. The van der Waals surface area contributed by atoms with Gasteiger partial charge in [-0.3, -0.25) is 15.0 Å². The number of nitrogens with one attached hydrogen (secondary N) is 1. The maximum Gasteiger partial charge on any atom is 0.283 e. The van der Waals surface area contributed by atoms with Crippen LogP contribution in [-0.4, -0.2) is 36.0 Å². The van der Waals surface area contributed by atoms with Crippen LogP contribution < -0.4 is 5.32 Å². The Morgan fingerprint density at radius 2 is 2.05 bits per heavy atom. The first-order valence-electron chi connectivity index (χ1n) is 7.37. The number of nitrogens with zero attached hydrogens (tertiary/aromatic N) is 2. The van der Waals surface area contributed by atoms with Crippen LogP contribution >= 0.6 is 15.9 Å². The monoisotopic (exact) mass is 355 g/mol. The van der Waals surface area contributed by atoms with Crippen molar-refractivity contribution in [1.82, 2.24) is 10.2 Å². The van der Waals surface area contributed by atoms with E-state index in [-0.39, 0.29) is 16.7 Å². The SMILES string of the molecule is CC(C)C[C@H](c1ccc(Br)c([N+](=O)[O-])c1)N1CCNCC1. The molecule has 0 aliphatic carbocycles. The first-order chi connectivity index (χ1) is 9.99. The van der Waals surface area contributed by atoms with E-state index >= 15 is 0 Å². The Labute approximate surface area is 134 Å². The van der Waals surface area contributed by atoms with Crippen LogP contribution in [0.15, 0.2) is 22.7 Å². The van der Waals surface area contributed by atoms with Gasteiger partial charge in [-0.1, -0.05) is 19.9 Å². The van der Waals surface area contributed by atoms with Gasteiger partial charge in [-0.2, -0.15) is 0 Å². The van der Waals surface area contributed by atoms with Gasteiger partial charge in [0, 0.05) is 38.3 Å². The molecule has 1 saturated heterocycles. The highest BCUT2D eigenvalue weighted by molar-refractivity contribution is 9.10. The maximum atomic E-state index is 11.1. The molecule has 116 valence electrons. The minimum Gasteiger partial charge on any atom is -0.314 e. The predicted molar refractivity (Wildman–Crippen MR) is 87.4 cm³/mol. The van der Waals surface area contributed by atoms with Crippen molar-refractivity contribution in [3.8, 4) is 0 Å². The number of rotatable bonds is 5. The second-order valence-corrected chi connectivity index (χ2v) is 6.75. The van der Waals surface area contributed by atoms with Gasteiger partial charge in [0.2, 0.25) is 0 Å². The van der Waals surface area contributed by atoms with Gasteiger partial charge in [-0.05, 0) is 39.9 Å². The molecule has 5 nitrogen and oxygen atoms in total. The van der Waals surface area contributed by atoms with E-state index in [1.165, 1.54) is 0 Å². The Hall–Kier alpha value is -0.980. The normalized spacial score (nSPS) is 17.9. The highest BCUT2D eigenvalue weighted by atomic mass is 79.9. The summed E-state index contributed by atoms with van der Waals surface area (Å²) in [7, 11) is 0. The summed E-state index contributed by atoms with van der Waals surface area (Å²) in [6, 6.07) is 5.77. The van der Waals surface area contributed by atoms with Gasteiger partial charge in [0.25, 0.3) is 5.69 Å². The van der Waals surface area contributed by atoms with Crippen molar-refractivity contribution in [3.63, 3.8) is 0 Å². The van der Waals surface area contributed by atoms with Crippen molar-refractivity contribution in [2.24, 2.45) is 5.92 Å². The highest BCUT2D eigenvalue weighted by Gasteiger charge is 2.25. The summed E-state index contributed by atoms with van der Waals surface area (Å²) in [4.78, 5) is 13.3. The van der Waals surface area contributed by atoms with Gasteiger partial charge >= 0.3 is 0 Å². The fourth-order valence-electron chi connectivity index (χ4n) is 2.81. The molecule has 0 saturated carbocycles. The van der Waals surface area contributed by atoms with Crippen LogP contribution in [-0.2, 0) is 0 Å². The Kier molecular flexibility index (Phi) is 5.72. The van der Waals surface area contributed by atoms with Crippen molar-refractivity contribution >= 4 is 21.6 Å². The third-order valence-electron chi connectivity index (χ3n) is 3.84. The lowest BCUT2D eigenvalue weighted by molar-refractivity contribution is -0.385. The van der Waals surface area contributed by atoms with Crippen LogP contribution in [0.25, 0.3) is 0 Å². The molecule has 1 aromatic rings. The van der Waals surface area contributed by atoms with Gasteiger partial charge < -0.3 is 5.32 Å². The van der Waals surface area contributed by atoms with Crippen molar-refractivity contribution in [1.29, 1.82) is 0 Å². The van der Waals surface area contributed by atoms with Gasteiger partial charge in [-0.15, -0.1) is 0 Å². The average molecular weight is 356 g/mol. The Balaban J connectivity index is 2.31. The average Bonchev–Trinajstić information content (AvgIpc) is 2.46. The number of nitro groups is 1. The summed E-state index contributed by atoms with van der Waals surface area (Å²) in [5.74, 6) is 0.549. The summed E-state index contributed by atoms with van der Waals surface area (Å²) in [6.07, 6.45) is 1.01. The van der Waals surface area contributed by atoms with Crippen LogP contribution in [0.1, 0.15) is 31.9 Å². The minimum atomic E-state index is -0.322. The zero-order valence-corrected chi connectivity index (χ0v) is 14.1. The molecule has 0 radical (unpaired) electrons. The third-order valence-corrected chi connectivity index (χ3v) is 4.51. The molecule has 2 rings (SSSR count). The Morgan fingerprint density at radius 1 is 1.38 bits per heavy atom. The van der Waals surface area contributed by atoms with E-state index in [1.54, 1.807) is 12.1 Å². The topological polar surface area (TPSA) is 58.4 Å². The van der Waals surface area contributed by atoms with E-state index in [4.69, 9.17) is 0 Å². The van der Waals surface area contributed by atoms with Crippen LogP contribution in [0, 0.1) is 16.0 Å². The van der Waals surface area contributed by atoms with Gasteiger partial charge in [-0.25, -0.2) is 0 Å². The van der Waals surface area contributed by atoms with E-state index < -0.39 is 0 Å². The Morgan fingerprint density at radius 3 is 2.62 bits per heavy atom. The van der Waals surface area contributed by atoms with Crippen molar-refractivity contribution in [3.05, 3.63) is 38.3 Å². The second-order valence-electron chi connectivity index (χ2n) is 5.90. The number of hydrogen-bond acceptors (Lipinski definition) is 4. The third kappa shape index (κ3) is 4.25. The van der Waals surface area contributed by atoms with E-state index in [2.05, 4.69) is 40.0 Å². The number of nitro benzene ring substituents is 1. The summed E-state index contributed by atoms with van der Waals surface area (Å²) in [5.41, 5.74) is 1.19. The minimum absolute atomic E-state index is 0.149. The van der Waals surface area contributed by atoms with Crippen molar-refractivity contribution in [2.75, 3.05) is 26.2 Å². The lowest BCUT2D eigenvalue weighted by Crippen LogP contribution is -2.45.